The fourth-order valence-corrected chi connectivity index (χ4v) is 5.73. The van der Waals surface area contributed by atoms with E-state index in [1.807, 2.05) is 33.8 Å². The van der Waals surface area contributed by atoms with Gasteiger partial charge in [-0.25, -0.2) is 9.79 Å². The number of nitrogens with one attached hydrogen (secondary N) is 1. The van der Waals surface area contributed by atoms with Crippen molar-refractivity contribution in [1.29, 1.82) is 0 Å². The number of halogens is 6. The summed E-state index contributed by atoms with van der Waals surface area (Å²) in [6, 6.07) is 5.72. The van der Waals surface area contributed by atoms with Gasteiger partial charge in [0, 0.05) is 30.3 Å². The summed E-state index contributed by atoms with van der Waals surface area (Å²) >= 11 is 0. The molecule has 3 aliphatic rings. The average molecular weight is 658 g/mol. The van der Waals surface area contributed by atoms with Gasteiger partial charge in [-0.2, -0.15) is 26.3 Å². The van der Waals surface area contributed by atoms with E-state index < -0.39 is 53.0 Å². The van der Waals surface area contributed by atoms with Gasteiger partial charge in [-0.05, 0) is 69.9 Å². The number of hydrogen-bond acceptors (Lipinski definition) is 7. The Morgan fingerprint density at radius 3 is 2.33 bits per heavy atom. The molecule has 1 saturated carbocycles. The fourth-order valence-electron chi connectivity index (χ4n) is 5.73. The number of carbonyl (C=O) groups is 3. The maximum absolute atomic E-state index is 13.5. The van der Waals surface area contributed by atoms with E-state index in [0.29, 0.717) is 24.2 Å². The number of aliphatic carboxylic acids is 1. The Kier molecular flexibility index (Phi) is 9.07. The third kappa shape index (κ3) is 7.88. The van der Waals surface area contributed by atoms with Gasteiger partial charge in [-0.3, -0.25) is 19.5 Å². The first kappa shape index (κ1) is 34.5. The molecule has 0 radical (unpaired) electrons. The molecule has 0 saturated heterocycles. The van der Waals surface area contributed by atoms with Gasteiger partial charge in [0.25, 0.3) is 0 Å². The van der Waals surface area contributed by atoms with Crippen LogP contribution in [0.2, 0.25) is 0 Å². The molecular formula is C30H33F6N5O5. The standard InChI is InChI=1S/C28H32F3N5O3.C2HF3O2/c1-26(2)13-22(37)36(25(32)35-26)23(15-6-5-9-33-14-15)17-11-18(17)24(38)34-20-12-27(3,4)39-21-8-7-16(10-19(20)21)28(29,30)31;3-2(4,5)1(6)7/h5-10,14,17-18,20,23H,11-13H2,1-4H3,(H2,32,35)(H,34,38);(H,6,7)/t17-,18-,20?,23+;/m1./s1. The second-order valence-corrected chi connectivity index (χ2v) is 12.6. The third-order valence-corrected chi connectivity index (χ3v) is 7.76. The number of carboxylic acids is 1. The van der Waals surface area contributed by atoms with Gasteiger partial charge in [0.15, 0.2) is 5.96 Å². The lowest BCUT2D eigenvalue weighted by molar-refractivity contribution is -0.192. The van der Waals surface area contributed by atoms with Crippen molar-refractivity contribution in [2.75, 3.05) is 0 Å². The molecule has 4 atom stereocenters. The Balaban J connectivity index is 0.000000617. The van der Waals surface area contributed by atoms with Crippen molar-refractivity contribution >= 4 is 23.7 Å². The average Bonchev–Trinajstić information content (AvgIpc) is 3.70. The van der Waals surface area contributed by atoms with Crippen LogP contribution in [0.4, 0.5) is 26.3 Å². The molecule has 1 aliphatic carbocycles. The Bertz CT molecular complexity index is 1530. The van der Waals surface area contributed by atoms with Gasteiger partial charge in [0.05, 0.1) is 29.6 Å². The highest BCUT2D eigenvalue weighted by Crippen LogP contribution is 2.52. The number of rotatable bonds is 5. The predicted molar refractivity (Wildman–Crippen MR) is 151 cm³/mol. The molecule has 5 rings (SSSR count). The summed E-state index contributed by atoms with van der Waals surface area (Å²) < 4.78 is 78.0. The predicted octanol–water partition coefficient (Wildman–Crippen LogP) is 5.16. The van der Waals surface area contributed by atoms with Gasteiger partial charge < -0.3 is 20.9 Å². The number of benzene rings is 1. The van der Waals surface area contributed by atoms with Crippen LogP contribution in [-0.4, -0.2) is 56.0 Å². The lowest BCUT2D eigenvalue weighted by Crippen LogP contribution is -2.52. The molecule has 1 aromatic carbocycles. The van der Waals surface area contributed by atoms with E-state index in [-0.39, 0.29) is 30.1 Å². The highest BCUT2D eigenvalue weighted by Gasteiger charge is 2.53. The molecule has 16 heteroatoms. The Morgan fingerprint density at radius 2 is 1.78 bits per heavy atom. The van der Waals surface area contributed by atoms with Crippen LogP contribution in [0.1, 0.15) is 75.7 Å². The number of nitrogens with two attached hydrogens (primary N) is 1. The number of amides is 2. The van der Waals surface area contributed by atoms with Crippen molar-refractivity contribution in [2.24, 2.45) is 22.6 Å². The van der Waals surface area contributed by atoms with Crippen molar-refractivity contribution < 1.29 is 50.6 Å². The Hall–Kier alpha value is -4.37. The van der Waals surface area contributed by atoms with Crippen LogP contribution in [-0.2, 0) is 20.6 Å². The summed E-state index contributed by atoms with van der Waals surface area (Å²) in [4.78, 5) is 45.8. The molecule has 1 unspecified atom stereocenters. The number of guanidine groups is 1. The minimum absolute atomic E-state index is 0.0935. The first-order chi connectivity index (χ1) is 21.1. The molecule has 10 nitrogen and oxygen atoms in total. The van der Waals surface area contributed by atoms with Crippen molar-refractivity contribution in [3.05, 3.63) is 59.4 Å². The molecule has 0 spiro atoms. The normalized spacial score (nSPS) is 23.9. The van der Waals surface area contributed by atoms with E-state index in [4.69, 9.17) is 20.4 Å². The number of ether oxygens (including phenoxy) is 1. The number of nitrogens with zero attached hydrogens (tertiary/aromatic N) is 3. The summed E-state index contributed by atoms with van der Waals surface area (Å²) in [5.41, 5.74) is 5.19. The van der Waals surface area contributed by atoms with Crippen LogP contribution in [0.3, 0.4) is 0 Å². The number of fused-ring (bicyclic) bond motifs is 1. The summed E-state index contributed by atoms with van der Waals surface area (Å²) in [6.07, 6.45) is -5.39. The second-order valence-electron chi connectivity index (χ2n) is 12.6. The first-order valence-corrected chi connectivity index (χ1v) is 14.2. The van der Waals surface area contributed by atoms with E-state index in [1.165, 1.54) is 11.0 Å². The van der Waals surface area contributed by atoms with Gasteiger partial charge in [-0.1, -0.05) is 6.07 Å². The number of hydrogen-bond donors (Lipinski definition) is 3. The minimum Gasteiger partial charge on any atom is -0.487 e. The highest BCUT2D eigenvalue weighted by molar-refractivity contribution is 5.99. The smallest absolute Gasteiger partial charge is 0.487 e. The second kappa shape index (κ2) is 12.1. The van der Waals surface area contributed by atoms with E-state index in [9.17, 15) is 35.9 Å². The Morgan fingerprint density at radius 1 is 1.13 bits per heavy atom. The molecular weight excluding hydrogens is 624 g/mol. The topological polar surface area (TPSA) is 147 Å². The molecule has 2 aromatic rings. The third-order valence-electron chi connectivity index (χ3n) is 7.76. The molecule has 4 N–H and O–H groups in total. The van der Waals surface area contributed by atoms with Crippen molar-refractivity contribution in [2.45, 2.75) is 82.5 Å². The maximum Gasteiger partial charge on any atom is 0.490 e. The van der Waals surface area contributed by atoms with Crippen molar-refractivity contribution in [3.63, 3.8) is 0 Å². The largest absolute Gasteiger partial charge is 0.490 e. The number of pyridine rings is 1. The minimum atomic E-state index is -5.08. The fraction of sp³-hybridized carbons (Fsp3) is 0.500. The van der Waals surface area contributed by atoms with E-state index in [0.717, 1.165) is 17.7 Å². The summed E-state index contributed by atoms with van der Waals surface area (Å²) in [6.45, 7) is 7.32. The lowest BCUT2D eigenvalue weighted by atomic mass is 9.88. The van der Waals surface area contributed by atoms with Gasteiger partial charge >= 0.3 is 18.3 Å². The van der Waals surface area contributed by atoms with Crippen molar-refractivity contribution in [3.8, 4) is 5.75 Å². The molecule has 2 aliphatic heterocycles. The first-order valence-electron chi connectivity index (χ1n) is 14.2. The SMILES string of the molecule is CC1(C)CC(=O)N([C@@H](c2cccnc2)[C@@H]2C[C@H]2C(=O)NC2CC(C)(C)Oc3ccc(C(F)(F)F)cc32)C(N)=N1.O=C(O)C(F)(F)F. The van der Waals surface area contributed by atoms with Gasteiger partial charge in [0.2, 0.25) is 11.8 Å². The molecule has 46 heavy (non-hydrogen) atoms. The number of carboxylic acid groups (broad SMARTS) is 1. The van der Waals surface area contributed by atoms with Gasteiger partial charge in [0.1, 0.15) is 11.4 Å². The van der Waals surface area contributed by atoms with Crippen LogP contribution < -0.4 is 15.8 Å². The zero-order chi connectivity index (χ0) is 34.4. The van der Waals surface area contributed by atoms with Crippen LogP contribution >= 0.6 is 0 Å². The molecule has 1 aromatic heterocycles. The van der Waals surface area contributed by atoms with E-state index in [2.05, 4.69) is 15.3 Å². The quantitative estimate of drug-likeness (QED) is 0.377. The number of aliphatic imine (C=N–C) groups is 1. The molecule has 3 heterocycles. The summed E-state index contributed by atoms with van der Waals surface area (Å²) in [7, 11) is 0. The zero-order valence-electron chi connectivity index (χ0n) is 25.2. The summed E-state index contributed by atoms with van der Waals surface area (Å²) in [5.74, 6) is -3.56. The number of carbonyl (C=O) groups excluding carboxylic acids is 2. The maximum atomic E-state index is 13.5. The van der Waals surface area contributed by atoms with Crippen LogP contribution in [0.15, 0.2) is 47.7 Å². The molecule has 2 amide bonds. The molecule has 0 bridgehead atoms. The molecule has 1 fully saturated rings. The lowest BCUT2D eigenvalue weighted by Gasteiger charge is -2.39. The van der Waals surface area contributed by atoms with Crippen LogP contribution in [0.25, 0.3) is 0 Å². The van der Waals surface area contributed by atoms with Crippen molar-refractivity contribution in [1.82, 2.24) is 15.2 Å². The number of alkyl halides is 6. The zero-order valence-corrected chi connectivity index (χ0v) is 25.2. The number of aromatic nitrogens is 1. The van der Waals surface area contributed by atoms with Crippen LogP contribution in [0, 0.1) is 11.8 Å². The van der Waals surface area contributed by atoms with Crippen LogP contribution in [0.5, 0.6) is 5.75 Å². The monoisotopic (exact) mass is 657 g/mol. The Labute approximate surface area is 260 Å². The van der Waals surface area contributed by atoms with Gasteiger partial charge in [-0.15, -0.1) is 0 Å². The highest BCUT2D eigenvalue weighted by atomic mass is 19.4. The summed E-state index contributed by atoms with van der Waals surface area (Å²) in [5, 5.41) is 10.1. The van der Waals surface area contributed by atoms with E-state index in [1.54, 1.807) is 18.5 Å². The molecule has 250 valence electrons. The van der Waals surface area contributed by atoms with E-state index >= 15 is 0 Å².